The SMILES string of the molecule is Cc1cccc(CNC(=O)[C@@H]2CCCN(c3nnc4ccccn34)C2)c1. The normalized spacial score (nSPS) is 17.4. The summed E-state index contributed by atoms with van der Waals surface area (Å²) in [4.78, 5) is 14.8. The first-order valence-electron chi connectivity index (χ1n) is 9.09. The van der Waals surface area contributed by atoms with Crippen molar-refractivity contribution in [3.63, 3.8) is 0 Å². The molecule has 1 fully saturated rings. The number of nitrogens with zero attached hydrogens (tertiary/aromatic N) is 4. The van der Waals surface area contributed by atoms with Crippen molar-refractivity contribution in [2.75, 3.05) is 18.0 Å². The largest absolute Gasteiger partial charge is 0.352 e. The monoisotopic (exact) mass is 349 g/mol. The highest BCUT2D eigenvalue weighted by Gasteiger charge is 2.27. The van der Waals surface area contributed by atoms with Gasteiger partial charge in [-0.3, -0.25) is 9.20 Å². The molecule has 26 heavy (non-hydrogen) atoms. The molecule has 1 amide bonds. The van der Waals surface area contributed by atoms with Gasteiger partial charge in [0, 0.05) is 25.8 Å². The van der Waals surface area contributed by atoms with Crippen LogP contribution in [0.5, 0.6) is 0 Å². The van der Waals surface area contributed by atoms with Crippen LogP contribution in [0.15, 0.2) is 48.7 Å². The Balaban J connectivity index is 1.42. The Morgan fingerprint density at radius 3 is 3.04 bits per heavy atom. The number of hydrogen-bond acceptors (Lipinski definition) is 4. The molecule has 0 radical (unpaired) electrons. The molecule has 0 unspecified atom stereocenters. The number of pyridine rings is 1. The standard InChI is InChI=1S/C20H23N5O/c1-15-6-4-7-16(12-15)13-21-19(26)17-8-5-10-24(14-17)20-23-22-18-9-2-3-11-25(18)20/h2-4,6-7,9,11-12,17H,5,8,10,13-14H2,1H3,(H,21,26)/t17-/m1/s1. The van der Waals surface area contributed by atoms with Crippen LogP contribution in [0, 0.1) is 12.8 Å². The van der Waals surface area contributed by atoms with Crippen LogP contribution < -0.4 is 10.2 Å². The average molecular weight is 349 g/mol. The van der Waals surface area contributed by atoms with E-state index in [4.69, 9.17) is 0 Å². The van der Waals surface area contributed by atoms with Crippen LogP contribution >= 0.6 is 0 Å². The summed E-state index contributed by atoms with van der Waals surface area (Å²) in [6.45, 7) is 4.21. The van der Waals surface area contributed by atoms with Gasteiger partial charge in [-0.25, -0.2) is 0 Å². The Hall–Kier alpha value is -2.89. The molecular formula is C20H23N5O. The molecule has 0 saturated carbocycles. The summed E-state index contributed by atoms with van der Waals surface area (Å²) < 4.78 is 1.98. The van der Waals surface area contributed by atoms with Crippen molar-refractivity contribution in [3.05, 3.63) is 59.8 Å². The van der Waals surface area contributed by atoms with Gasteiger partial charge in [-0.15, -0.1) is 10.2 Å². The molecular weight excluding hydrogens is 326 g/mol. The molecule has 2 aromatic heterocycles. The van der Waals surface area contributed by atoms with Gasteiger partial charge in [-0.1, -0.05) is 35.9 Å². The number of anilines is 1. The van der Waals surface area contributed by atoms with Crippen molar-refractivity contribution in [1.29, 1.82) is 0 Å². The first-order chi connectivity index (χ1) is 12.7. The van der Waals surface area contributed by atoms with Gasteiger partial charge in [0.05, 0.1) is 5.92 Å². The predicted octanol–water partition coefficient (Wildman–Crippen LogP) is 2.57. The molecule has 3 aromatic rings. The quantitative estimate of drug-likeness (QED) is 0.786. The highest BCUT2D eigenvalue weighted by atomic mass is 16.1. The number of fused-ring (bicyclic) bond motifs is 1. The van der Waals surface area contributed by atoms with Crippen molar-refractivity contribution in [1.82, 2.24) is 19.9 Å². The summed E-state index contributed by atoms with van der Waals surface area (Å²) >= 11 is 0. The zero-order chi connectivity index (χ0) is 17.9. The minimum atomic E-state index is -0.0235. The van der Waals surface area contributed by atoms with E-state index in [1.54, 1.807) is 0 Å². The molecule has 1 atom stereocenters. The lowest BCUT2D eigenvalue weighted by Gasteiger charge is -2.32. The Morgan fingerprint density at radius 2 is 2.15 bits per heavy atom. The second-order valence-corrected chi connectivity index (χ2v) is 6.92. The first-order valence-corrected chi connectivity index (χ1v) is 9.09. The number of amides is 1. The topological polar surface area (TPSA) is 62.5 Å². The smallest absolute Gasteiger partial charge is 0.231 e. The minimum Gasteiger partial charge on any atom is -0.352 e. The van der Waals surface area contributed by atoms with E-state index < -0.39 is 0 Å². The van der Waals surface area contributed by atoms with E-state index in [0.29, 0.717) is 13.1 Å². The number of hydrogen-bond donors (Lipinski definition) is 1. The van der Waals surface area contributed by atoms with Gasteiger partial charge in [0.2, 0.25) is 11.9 Å². The van der Waals surface area contributed by atoms with Crippen LogP contribution in [0.1, 0.15) is 24.0 Å². The molecule has 4 rings (SSSR count). The minimum absolute atomic E-state index is 0.0235. The molecule has 3 heterocycles. The van der Waals surface area contributed by atoms with Gasteiger partial charge in [-0.2, -0.15) is 0 Å². The number of nitrogens with one attached hydrogen (secondary N) is 1. The number of rotatable bonds is 4. The Kier molecular flexibility index (Phi) is 4.56. The van der Waals surface area contributed by atoms with Crippen LogP contribution in [0.3, 0.4) is 0 Å². The third kappa shape index (κ3) is 3.40. The van der Waals surface area contributed by atoms with E-state index in [0.717, 1.165) is 36.5 Å². The fourth-order valence-corrected chi connectivity index (χ4v) is 3.57. The molecule has 1 saturated heterocycles. The van der Waals surface area contributed by atoms with E-state index >= 15 is 0 Å². The number of aryl methyl sites for hydroxylation is 1. The Morgan fingerprint density at radius 1 is 1.23 bits per heavy atom. The number of piperidine rings is 1. The molecule has 6 nitrogen and oxygen atoms in total. The van der Waals surface area contributed by atoms with E-state index in [-0.39, 0.29) is 11.8 Å². The van der Waals surface area contributed by atoms with Gasteiger partial charge in [0.1, 0.15) is 0 Å². The van der Waals surface area contributed by atoms with Crippen LogP contribution in [-0.2, 0) is 11.3 Å². The number of carbonyl (C=O) groups is 1. The summed E-state index contributed by atoms with van der Waals surface area (Å²) in [6, 6.07) is 14.1. The van der Waals surface area contributed by atoms with Crippen molar-refractivity contribution < 1.29 is 4.79 Å². The summed E-state index contributed by atoms with van der Waals surface area (Å²) in [5.74, 6) is 0.909. The molecule has 134 valence electrons. The maximum atomic E-state index is 12.7. The van der Waals surface area contributed by atoms with Gasteiger partial charge in [0.25, 0.3) is 0 Å². The Labute approximate surface area is 152 Å². The van der Waals surface area contributed by atoms with E-state index in [1.165, 1.54) is 5.56 Å². The number of aromatic nitrogens is 3. The fourth-order valence-electron chi connectivity index (χ4n) is 3.57. The summed E-state index contributed by atoms with van der Waals surface area (Å²) in [5.41, 5.74) is 3.17. The lowest BCUT2D eigenvalue weighted by molar-refractivity contribution is -0.125. The zero-order valence-corrected chi connectivity index (χ0v) is 14.9. The molecule has 1 aromatic carbocycles. The van der Waals surface area contributed by atoms with Crippen molar-refractivity contribution >= 4 is 17.5 Å². The van der Waals surface area contributed by atoms with Gasteiger partial charge in [-0.05, 0) is 37.5 Å². The third-order valence-electron chi connectivity index (χ3n) is 4.92. The van der Waals surface area contributed by atoms with E-state index in [9.17, 15) is 4.79 Å². The molecule has 0 bridgehead atoms. The van der Waals surface area contributed by atoms with Crippen molar-refractivity contribution in [3.8, 4) is 0 Å². The van der Waals surface area contributed by atoms with Crippen molar-refractivity contribution in [2.45, 2.75) is 26.3 Å². The predicted molar refractivity (Wildman–Crippen MR) is 101 cm³/mol. The van der Waals surface area contributed by atoms with Gasteiger partial charge >= 0.3 is 0 Å². The lowest BCUT2D eigenvalue weighted by Crippen LogP contribution is -2.43. The highest BCUT2D eigenvalue weighted by molar-refractivity contribution is 5.79. The van der Waals surface area contributed by atoms with E-state index in [2.05, 4.69) is 39.5 Å². The molecule has 1 aliphatic heterocycles. The fraction of sp³-hybridized carbons (Fsp3) is 0.350. The van der Waals surface area contributed by atoms with Crippen molar-refractivity contribution in [2.24, 2.45) is 5.92 Å². The van der Waals surface area contributed by atoms with Crippen LogP contribution in [0.2, 0.25) is 0 Å². The second kappa shape index (κ2) is 7.15. The van der Waals surface area contributed by atoms with Gasteiger partial charge in [0.15, 0.2) is 5.65 Å². The second-order valence-electron chi connectivity index (χ2n) is 6.92. The molecule has 0 aliphatic carbocycles. The Bertz CT molecular complexity index is 919. The first kappa shape index (κ1) is 16.6. The number of carbonyl (C=O) groups excluding carboxylic acids is 1. The number of benzene rings is 1. The molecule has 6 heteroatoms. The molecule has 0 spiro atoms. The zero-order valence-electron chi connectivity index (χ0n) is 14.9. The maximum absolute atomic E-state index is 12.7. The highest BCUT2D eigenvalue weighted by Crippen LogP contribution is 2.22. The average Bonchev–Trinajstić information content (AvgIpc) is 3.10. The maximum Gasteiger partial charge on any atom is 0.231 e. The van der Waals surface area contributed by atoms with Crippen LogP contribution in [-0.4, -0.2) is 33.6 Å². The van der Waals surface area contributed by atoms with Gasteiger partial charge < -0.3 is 10.2 Å². The van der Waals surface area contributed by atoms with Crippen LogP contribution in [0.25, 0.3) is 5.65 Å². The van der Waals surface area contributed by atoms with Crippen LogP contribution in [0.4, 0.5) is 5.95 Å². The lowest BCUT2D eigenvalue weighted by atomic mass is 9.97. The molecule has 1 aliphatic rings. The summed E-state index contributed by atoms with van der Waals surface area (Å²) in [5, 5.41) is 11.6. The third-order valence-corrected chi connectivity index (χ3v) is 4.92. The van der Waals surface area contributed by atoms with E-state index in [1.807, 2.05) is 40.9 Å². The molecule has 1 N–H and O–H groups in total. The summed E-state index contributed by atoms with van der Waals surface area (Å²) in [6.07, 6.45) is 3.85. The summed E-state index contributed by atoms with van der Waals surface area (Å²) in [7, 11) is 0.